The van der Waals surface area contributed by atoms with Gasteiger partial charge >= 0.3 is 0 Å². The summed E-state index contributed by atoms with van der Waals surface area (Å²) < 4.78 is 25.0. The first-order valence-corrected chi connectivity index (χ1v) is 5.58. The molecule has 1 fully saturated rings. The molecule has 0 bridgehead atoms. The highest BCUT2D eigenvalue weighted by atomic mass is 32.2. The van der Waals surface area contributed by atoms with Crippen molar-refractivity contribution in [1.29, 1.82) is 0 Å². The number of sulfonamides is 1. The lowest BCUT2D eigenvalue weighted by Crippen LogP contribution is -2.32. The summed E-state index contributed by atoms with van der Waals surface area (Å²) >= 11 is 0. The van der Waals surface area contributed by atoms with Gasteiger partial charge in [-0.2, -0.15) is 0 Å². The quantitative estimate of drug-likeness (QED) is 0.688. The summed E-state index contributed by atoms with van der Waals surface area (Å²) in [7, 11) is -1.51. The van der Waals surface area contributed by atoms with E-state index in [2.05, 4.69) is 4.72 Å². The fourth-order valence-corrected chi connectivity index (χ4v) is 2.95. The highest BCUT2D eigenvalue weighted by Gasteiger charge is 2.37. The predicted octanol–water partition coefficient (Wildman–Crippen LogP) is 0.724. The molecule has 1 atom stereocenters. The van der Waals surface area contributed by atoms with Crippen molar-refractivity contribution in [2.24, 2.45) is 5.92 Å². The zero-order valence-corrected chi connectivity index (χ0v) is 7.82. The van der Waals surface area contributed by atoms with Crippen molar-refractivity contribution in [2.45, 2.75) is 31.4 Å². The third-order valence-corrected chi connectivity index (χ3v) is 4.32. The van der Waals surface area contributed by atoms with Crippen LogP contribution in [0.1, 0.15) is 26.2 Å². The molecule has 0 aromatic carbocycles. The number of hydrogen-bond acceptors (Lipinski definition) is 2. The Kier molecular flexibility index (Phi) is 2.54. The first-order chi connectivity index (χ1) is 5.11. The molecule has 1 saturated carbocycles. The van der Waals surface area contributed by atoms with Crippen molar-refractivity contribution in [3.63, 3.8) is 0 Å². The Morgan fingerprint density at radius 2 is 2.09 bits per heavy atom. The Hall–Kier alpha value is -0.0900. The molecule has 1 N–H and O–H groups in total. The van der Waals surface area contributed by atoms with Gasteiger partial charge in [0, 0.05) is 0 Å². The minimum absolute atomic E-state index is 0.146. The van der Waals surface area contributed by atoms with E-state index in [1.807, 2.05) is 6.92 Å². The van der Waals surface area contributed by atoms with Crippen molar-refractivity contribution in [3.8, 4) is 0 Å². The molecule has 1 rings (SSSR count). The van der Waals surface area contributed by atoms with Crippen LogP contribution in [0.4, 0.5) is 0 Å². The average molecular weight is 177 g/mol. The zero-order valence-electron chi connectivity index (χ0n) is 7.00. The van der Waals surface area contributed by atoms with Gasteiger partial charge in [0.2, 0.25) is 10.0 Å². The molecule has 0 radical (unpaired) electrons. The highest BCUT2D eigenvalue weighted by Crippen LogP contribution is 2.37. The molecule has 0 aromatic rings. The summed E-state index contributed by atoms with van der Waals surface area (Å²) in [6.45, 7) is 1.93. The van der Waals surface area contributed by atoms with Crippen LogP contribution in [0, 0.1) is 5.92 Å². The summed E-state index contributed by atoms with van der Waals surface area (Å²) in [5, 5.41) is -0.146. The van der Waals surface area contributed by atoms with E-state index in [-0.39, 0.29) is 5.25 Å². The summed E-state index contributed by atoms with van der Waals surface area (Å²) in [6, 6.07) is 0. The molecule has 4 heteroatoms. The van der Waals surface area contributed by atoms with Gasteiger partial charge in [0.15, 0.2) is 0 Å². The second-order valence-corrected chi connectivity index (χ2v) is 5.14. The number of nitrogens with one attached hydrogen (secondary N) is 1. The van der Waals surface area contributed by atoms with Crippen LogP contribution < -0.4 is 4.72 Å². The van der Waals surface area contributed by atoms with Gasteiger partial charge in [-0.05, 0) is 32.2 Å². The Labute approximate surface area is 68.2 Å². The maximum atomic E-state index is 11.3. The number of rotatable bonds is 4. The fourth-order valence-electron chi connectivity index (χ4n) is 1.43. The molecule has 3 nitrogen and oxygen atoms in total. The molecule has 0 spiro atoms. The van der Waals surface area contributed by atoms with Gasteiger partial charge in [0.1, 0.15) is 0 Å². The molecule has 0 aromatic heterocycles. The van der Waals surface area contributed by atoms with Gasteiger partial charge < -0.3 is 0 Å². The van der Waals surface area contributed by atoms with Crippen LogP contribution in [0.2, 0.25) is 0 Å². The molecule has 0 heterocycles. The van der Waals surface area contributed by atoms with Crippen LogP contribution in [0.15, 0.2) is 0 Å². The Balaban J connectivity index is 2.67. The van der Waals surface area contributed by atoms with Crippen molar-refractivity contribution in [2.75, 3.05) is 7.05 Å². The molecule has 1 aliphatic carbocycles. The van der Waals surface area contributed by atoms with Gasteiger partial charge in [-0.25, -0.2) is 13.1 Å². The van der Waals surface area contributed by atoms with Gasteiger partial charge in [0.05, 0.1) is 5.25 Å². The van der Waals surface area contributed by atoms with E-state index in [0.29, 0.717) is 5.92 Å². The fraction of sp³-hybridized carbons (Fsp3) is 1.00. The van der Waals surface area contributed by atoms with Crippen LogP contribution in [-0.4, -0.2) is 20.7 Å². The normalized spacial score (nSPS) is 21.6. The Bertz CT molecular complexity index is 219. The minimum atomic E-state index is -3.00. The molecule has 0 saturated heterocycles. The zero-order chi connectivity index (χ0) is 8.48. The average Bonchev–Trinajstić information content (AvgIpc) is 2.73. The van der Waals surface area contributed by atoms with Crippen LogP contribution >= 0.6 is 0 Å². The van der Waals surface area contributed by atoms with E-state index in [1.54, 1.807) is 0 Å². The lowest BCUT2D eigenvalue weighted by molar-refractivity contribution is 0.553. The maximum Gasteiger partial charge on any atom is 0.214 e. The first-order valence-electron chi connectivity index (χ1n) is 4.04. The summed E-state index contributed by atoms with van der Waals surface area (Å²) in [5.41, 5.74) is 0. The highest BCUT2D eigenvalue weighted by molar-refractivity contribution is 7.90. The third-order valence-electron chi connectivity index (χ3n) is 2.23. The Morgan fingerprint density at radius 1 is 1.55 bits per heavy atom. The van der Waals surface area contributed by atoms with Crippen molar-refractivity contribution in [3.05, 3.63) is 0 Å². The molecule has 1 unspecified atom stereocenters. The molecule has 0 aliphatic heterocycles. The molecular weight excluding hydrogens is 162 g/mol. The van der Waals surface area contributed by atoms with Crippen molar-refractivity contribution >= 4 is 10.0 Å². The SMILES string of the molecule is CCC(C1CC1)S(=O)(=O)NC. The van der Waals surface area contributed by atoms with Gasteiger partial charge in [0.25, 0.3) is 0 Å². The standard InChI is InChI=1S/C7H15NO2S/c1-3-7(6-4-5-6)11(9,10)8-2/h6-8H,3-5H2,1-2H3. The van der Waals surface area contributed by atoms with Crippen molar-refractivity contribution < 1.29 is 8.42 Å². The second kappa shape index (κ2) is 3.11. The van der Waals surface area contributed by atoms with E-state index in [0.717, 1.165) is 19.3 Å². The van der Waals surface area contributed by atoms with E-state index in [1.165, 1.54) is 7.05 Å². The monoisotopic (exact) mass is 177 g/mol. The molecule has 0 amide bonds. The topological polar surface area (TPSA) is 46.2 Å². The Morgan fingerprint density at radius 3 is 2.36 bits per heavy atom. The molecule has 66 valence electrons. The van der Waals surface area contributed by atoms with E-state index < -0.39 is 10.0 Å². The van der Waals surface area contributed by atoms with E-state index in [9.17, 15) is 8.42 Å². The smallest absolute Gasteiger partial charge is 0.214 e. The lowest BCUT2D eigenvalue weighted by atomic mass is 10.2. The van der Waals surface area contributed by atoms with Gasteiger partial charge in [-0.15, -0.1) is 0 Å². The summed E-state index contributed by atoms with van der Waals surface area (Å²) in [6.07, 6.45) is 2.90. The van der Waals surface area contributed by atoms with Crippen molar-refractivity contribution in [1.82, 2.24) is 4.72 Å². The number of hydrogen-bond donors (Lipinski definition) is 1. The van der Waals surface area contributed by atoms with Crippen LogP contribution in [0.25, 0.3) is 0 Å². The van der Waals surface area contributed by atoms with Crippen LogP contribution in [-0.2, 0) is 10.0 Å². The summed E-state index contributed by atoms with van der Waals surface area (Å²) in [5.74, 6) is 0.428. The molecule has 1 aliphatic rings. The van der Waals surface area contributed by atoms with Crippen LogP contribution in [0.5, 0.6) is 0 Å². The predicted molar refractivity (Wildman–Crippen MR) is 44.8 cm³/mol. The molecule has 11 heavy (non-hydrogen) atoms. The lowest BCUT2D eigenvalue weighted by Gasteiger charge is -2.12. The van der Waals surface area contributed by atoms with E-state index in [4.69, 9.17) is 0 Å². The van der Waals surface area contributed by atoms with Gasteiger partial charge in [-0.1, -0.05) is 6.92 Å². The third kappa shape index (κ3) is 1.93. The summed E-state index contributed by atoms with van der Waals surface area (Å²) in [4.78, 5) is 0. The van der Waals surface area contributed by atoms with Gasteiger partial charge in [-0.3, -0.25) is 0 Å². The first kappa shape index (κ1) is 9.00. The second-order valence-electron chi connectivity index (χ2n) is 3.03. The van der Waals surface area contributed by atoms with E-state index >= 15 is 0 Å². The minimum Gasteiger partial charge on any atom is -0.218 e. The largest absolute Gasteiger partial charge is 0.218 e. The maximum absolute atomic E-state index is 11.3. The van der Waals surface area contributed by atoms with Crippen LogP contribution in [0.3, 0.4) is 0 Å². The molecular formula is C7H15NO2S.